The number of amides is 1. The van der Waals surface area contributed by atoms with E-state index in [9.17, 15) is 4.79 Å². The van der Waals surface area contributed by atoms with Gasteiger partial charge in [-0.2, -0.15) is 11.8 Å². The molecule has 1 saturated heterocycles. The van der Waals surface area contributed by atoms with Gasteiger partial charge in [-0.25, -0.2) is 0 Å². The van der Waals surface area contributed by atoms with E-state index >= 15 is 0 Å². The molecule has 2 aliphatic rings. The van der Waals surface area contributed by atoms with Crippen LogP contribution in [0.4, 0.5) is 0 Å². The van der Waals surface area contributed by atoms with Crippen LogP contribution in [-0.2, 0) is 9.53 Å². The number of ether oxygens (including phenoxy) is 1. The van der Waals surface area contributed by atoms with Gasteiger partial charge in [0.05, 0.1) is 6.10 Å². The Morgan fingerprint density at radius 1 is 1.41 bits per heavy atom. The van der Waals surface area contributed by atoms with Gasteiger partial charge in [-0.1, -0.05) is 0 Å². The van der Waals surface area contributed by atoms with E-state index in [0.717, 1.165) is 25.7 Å². The molecule has 0 radical (unpaired) electrons. The summed E-state index contributed by atoms with van der Waals surface area (Å²) in [5, 5.41) is 3.82. The number of carbonyl (C=O) groups excluding carboxylic acids is 1. The van der Waals surface area contributed by atoms with Crippen molar-refractivity contribution in [1.29, 1.82) is 0 Å². The van der Waals surface area contributed by atoms with E-state index in [-0.39, 0.29) is 18.1 Å². The Balaban J connectivity index is 1.74. The van der Waals surface area contributed by atoms with Crippen LogP contribution in [0.25, 0.3) is 0 Å². The number of hydrogen-bond acceptors (Lipinski definition) is 4. The third-order valence-corrected chi connectivity index (χ3v) is 4.82. The molecule has 0 bridgehead atoms. The van der Waals surface area contributed by atoms with Crippen molar-refractivity contribution in [2.75, 3.05) is 12.8 Å². The predicted octanol–water partition coefficient (Wildman–Crippen LogP) is 0.893. The van der Waals surface area contributed by atoms with Gasteiger partial charge in [-0.3, -0.25) is 4.79 Å². The first-order valence-corrected chi connectivity index (χ1v) is 7.70. The third kappa shape index (κ3) is 3.36. The lowest BCUT2D eigenvalue weighted by atomic mass is 10.1. The molecule has 2 rings (SSSR count). The maximum absolute atomic E-state index is 12.0. The summed E-state index contributed by atoms with van der Waals surface area (Å²) in [6.45, 7) is 0.516. The average Bonchev–Trinajstić information content (AvgIpc) is 2.96. The van der Waals surface area contributed by atoms with Gasteiger partial charge in [0.2, 0.25) is 5.91 Å². The number of carbonyl (C=O) groups is 1. The Hall–Kier alpha value is -0.260. The SMILES string of the molecule is CSC1CCC(NC(=O)C2CCC(CN)O2)C1. The molecule has 1 amide bonds. The quantitative estimate of drug-likeness (QED) is 0.786. The van der Waals surface area contributed by atoms with E-state index in [1.165, 1.54) is 6.42 Å². The van der Waals surface area contributed by atoms with Crippen LogP contribution in [0.1, 0.15) is 32.1 Å². The maximum atomic E-state index is 12.0. The predicted molar refractivity (Wildman–Crippen MR) is 70.0 cm³/mol. The van der Waals surface area contributed by atoms with Crippen molar-refractivity contribution in [2.24, 2.45) is 5.73 Å². The van der Waals surface area contributed by atoms with Crippen LogP contribution in [0.15, 0.2) is 0 Å². The molecule has 17 heavy (non-hydrogen) atoms. The highest BCUT2D eigenvalue weighted by atomic mass is 32.2. The van der Waals surface area contributed by atoms with Gasteiger partial charge in [-0.15, -0.1) is 0 Å². The first-order valence-electron chi connectivity index (χ1n) is 6.41. The standard InChI is InChI=1S/C12H22N2O2S/c1-17-10-4-2-8(6-10)14-12(15)11-5-3-9(7-13)16-11/h8-11H,2-7,13H2,1H3,(H,14,15). The van der Waals surface area contributed by atoms with Crippen LogP contribution in [-0.4, -0.2) is 42.2 Å². The molecule has 1 aliphatic carbocycles. The fourth-order valence-electron chi connectivity index (χ4n) is 2.65. The Kier molecular flexibility index (Phi) is 4.70. The summed E-state index contributed by atoms with van der Waals surface area (Å²) in [6.07, 6.45) is 7.08. The summed E-state index contributed by atoms with van der Waals surface area (Å²) < 4.78 is 5.59. The van der Waals surface area contributed by atoms with Gasteiger partial charge >= 0.3 is 0 Å². The summed E-state index contributed by atoms with van der Waals surface area (Å²) in [6, 6.07) is 0.348. The highest BCUT2D eigenvalue weighted by Crippen LogP contribution is 2.28. The molecule has 5 heteroatoms. The van der Waals surface area contributed by atoms with Crippen LogP contribution >= 0.6 is 11.8 Å². The van der Waals surface area contributed by atoms with Crippen LogP contribution in [0.2, 0.25) is 0 Å². The van der Waals surface area contributed by atoms with E-state index in [1.54, 1.807) is 0 Å². The molecular weight excluding hydrogens is 236 g/mol. The highest BCUT2D eigenvalue weighted by molar-refractivity contribution is 7.99. The van der Waals surface area contributed by atoms with Crippen molar-refractivity contribution >= 4 is 17.7 Å². The molecule has 0 aromatic carbocycles. The Labute approximate surface area is 107 Å². The third-order valence-electron chi connectivity index (χ3n) is 3.73. The van der Waals surface area contributed by atoms with Gasteiger partial charge in [0.1, 0.15) is 6.10 Å². The van der Waals surface area contributed by atoms with Crippen molar-refractivity contribution in [3.8, 4) is 0 Å². The zero-order valence-corrected chi connectivity index (χ0v) is 11.2. The van der Waals surface area contributed by atoms with E-state index in [0.29, 0.717) is 17.8 Å². The second-order valence-electron chi connectivity index (χ2n) is 4.94. The van der Waals surface area contributed by atoms with Crippen LogP contribution in [0.3, 0.4) is 0 Å². The summed E-state index contributed by atoms with van der Waals surface area (Å²) in [4.78, 5) is 12.0. The molecular formula is C12H22N2O2S. The lowest BCUT2D eigenvalue weighted by molar-refractivity contribution is -0.132. The van der Waals surface area contributed by atoms with Crippen molar-refractivity contribution in [3.05, 3.63) is 0 Å². The van der Waals surface area contributed by atoms with Crippen LogP contribution in [0.5, 0.6) is 0 Å². The van der Waals surface area contributed by atoms with Gasteiger partial charge < -0.3 is 15.8 Å². The first kappa shape index (κ1) is 13.2. The molecule has 0 spiro atoms. The largest absolute Gasteiger partial charge is 0.364 e. The molecule has 98 valence electrons. The summed E-state index contributed by atoms with van der Waals surface area (Å²) in [7, 11) is 0. The molecule has 3 N–H and O–H groups in total. The average molecular weight is 258 g/mol. The minimum Gasteiger partial charge on any atom is -0.364 e. The lowest BCUT2D eigenvalue weighted by Gasteiger charge is -2.17. The van der Waals surface area contributed by atoms with E-state index in [2.05, 4.69) is 11.6 Å². The molecule has 4 nitrogen and oxygen atoms in total. The molecule has 2 fully saturated rings. The molecule has 1 saturated carbocycles. The maximum Gasteiger partial charge on any atom is 0.249 e. The molecule has 1 aliphatic heterocycles. The van der Waals surface area contributed by atoms with Crippen molar-refractivity contribution < 1.29 is 9.53 Å². The smallest absolute Gasteiger partial charge is 0.249 e. The van der Waals surface area contributed by atoms with Crippen molar-refractivity contribution in [3.63, 3.8) is 0 Å². The summed E-state index contributed by atoms with van der Waals surface area (Å²) in [5.74, 6) is 0.0627. The normalized spacial score (nSPS) is 37.3. The number of rotatable bonds is 4. The highest BCUT2D eigenvalue weighted by Gasteiger charge is 2.32. The molecule has 0 aromatic rings. The molecule has 0 aromatic heterocycles. The minimum atomic E-state index is -0.267. The molecule has 1 heterocycles. The van der Waals surface area contributed by atoms with Gasteiger partial charge in [-0.05, 0) is 38.4 Å². The second kappa shape index (κ2) is 6.07. The van der Waals surface area contributed by atoms with Gasteiger partial charge in [0.25, 0.3) is 0 Å². The number of thioether (sulfide) groups is 1. The molecule has 4 unspecified atom stereocenters. The fourth-order valence-corrected chi connectivity index (χ4v) is 3.45. The number of hydrogen-bond donors (Lipinski definition) is 2. The molecule has 4 atom stereocenters. The van der Waals surface area contributed by atoms with Crippen LogP contribution < -0.4 is 11.1 Å². The zero-order valence-electron chi connectivity index (χ0n) is 10.4. The van der Waals surface area contributed by atoms with E-state index < -0.39 is 0 Å². The topological polar surface area (TPSA) is 64.4 Å². The van der Waals surface area contributed by atoms with E-state index in [1.807, 2.05) is 11.8 Å². The van der Waals surface area contributed by atoms with Crippen molar-refractivity contribution in [1.82, 2.24) is 5.32 Å². The summed E-state index contributed by atoms with van der Waals surface area (Å²) in [5.41, 5.74) is 5.54. The van der Waals surface area contributed by atoms with Gasteiger partial charge in [0, 0.05) is 17.8 Å². The monoisotopic (exact) mass is 258 g/mol. The number of nitrogens with one attached hydrogen (secondary N) is 1. The first-order chi connectivity index (χ1) is 8.22. The number of nitrogens with two attached hydrogens (primary N) is 1. The van der Waals surface area contributed by atoms with Crippen molar-refractivity contribution in [2.45, 2.75) is 55.6 Å². The van der Waals surface area contributed by atoms with Crippen LogP contribution in [0, 0.1) is 0 Å². The lowest BCUT2D eigenvalue weighted by Crippen LogP contribution is -2.40. The van der Waals surface area contributed by atoms with Gasteiger partial charge in [0.15, 0.2) is 0 Å². The Morgan fingerprint density at radius 2 is 2.24 bits per heavy atom. The second-order valence-corrected chi connectivity index (χ2v) is 6.07. The fraction of sp³-hybridized carbons (Fsp3) is 0.917. The zero-order chi connectivity index (χ0) is 12.3. The Morgan fingerprint density at radius 3 is 2.82 bits per heavy atom. The van der Waals surface area contributed by atoms with E-state index in [4.69, 9.17) is 10.5 Å². The Bertz CT molecular complexity index is 275. The summed E-state index contributed by atoms with van der Waals surface area (Å²) >= 11 is 1.90. The minimum absolute atomic E-state index is 0.0627.